The van der Waals surface area contributed by atoms with Gasteiger partial charge in [0.15, 0.2) is 0 Å². The lowest BCUT2D eigenvalue weighted by atomic mass is 9.96. The van der Waals surface area contributed by atoms with E-state index in [1.54, 1.807) is 5.56 Å². The van der Waals surface area contributed by atoms with Gasteiger partial charge in [0.2, 0.25) is 0 Å². The number of aryl methyl sites for hydroxylation is 2. The van der Waals surface area contributed by atoms with E-state index in [1.165, 1.54) is 46.7 Å². The largest absolute Gasteiger partial charge is 0.347 e. The molecule has 1 aromatic carbocycles. The molecule has 0 bridgehead atoms. The highest BCUT2D eigenvalue weighted by molar-refractivity contribution is 9.10. The molecule has 1 N–H and O–H groups in total. The zero-order chi connectivity index (χ0) is 12.1. The molecule has 3 heteroatoms. The summed E-state index contributed by atoms with van der Waals surface area (Å²) in [7, 11) is 0. The van der Waals surface area contributed by atoms with Crippen LogP contribution in [0, 0.1) is 0 Å². The molecule has 1 fully saturated rings. The Labute approximate surface area is 115 Å². The molecule has 2 aromatic rings. The van der Waals surface area contributed by atoms with E-state index < -0.39 is 0 Å². The Morgan fingerprint density at radius 1 is 1.33 bits per heavy atom. The normalized spacial score (nSPS) is 22.8. The van der Waals surface area contributed by atoms with Gasteiger partial charge in [-0.05, 0) is 55.0 Å². The van der Waals surface area contributed by atoms with Gasteiger partial charge in [-0.15, -0.1) is 0 Å². The molecule has 3 heterocycles. The average Bonchev–Trinajstić information content (AvgIpc) is 2.97. The Hall–Kier alpha value is -0.800. The minimum atomic E-state index is 0.703. The molecular formula is C15H17BrN2. The second-order valence-electron chi connectivity index (χ2n) is 5.53. The van der Waals surface area contributed by atoms with E-state index in [1.807, 2.05) is 0 Å². The second kappa shape index (κ2) is 4.10. The second-order valence-corrected chi connectivity index (χ2v) is 6.45. The summed E-state index contributed by atoms with van der Waals surface area (Å²) in [6.45, 7) is 3.49. The van der Waals surface area contributed by atoms with Crippen LogP contribution < -0.4 is 5.32 Å². The lowest BCUT2D eigenvalue weighted by Gasteiger charge is -2.15. The molecule has 1 atom stereocenters. The average molecular weight is 305 g/mol. The third-order valence-corrected chi connectivity index (χ3v) is 4.85. The maximum absolute atomic E-state index is 3.68. The van der Waals surface area contributed by atoms with Crippen LogP contribution >= 0.6 is 15.9 Å². The van der Waals surface area contributed by atoms with Crippen LogP contribution in [0.5, 0.6) is 0 Å². The molecule has 2 aliphatic heterocycles. The van der Waals surface area contributed by atoms with Crippen molar-refractivity contribution in [2.45, 2.75) is 31.7 Å². The first-order chi connectivity index (χ1) is 8.83. The van der Waals surface area contributed by atoms with Crippen LogP contribution in [0.2, 0.25) is 0 Å². The molecule has 0 amide bonds. The number of nitrogens with one attached hydrogen (secondary N) is 1. The number of nitrogens with zero attached hydrogens (tertiary/aromatic N) is 1. The van der Waals surface area contributed by atoms with Gasteiger partial charge in [-0.25, -0.2) is 0 Å². The predicted octanol–water partition coefficient (Wildman–Crippen LogP) is 3.43. The molecule has 94 valence electrons. The van der Waals surface area contributed by atoms with Gasteiger partial charge < -0.3 is 9.88 Å². The molecule has 0 spiro atoms. The van der Waals surface area contributed by atoms with Crippen molar-refractivity contribution in [2.75, 3.05) is 13.1 Å². The van der Waals surface area contributed by atoms with E-state index in [4.69, 9.17) is 0 Å². The minimum absolute atomic E-state index is 0.703. The van der Waals surface area contributed by atoms with Crippen LogP contribution in [-0.2, 0) is 13.0 Å². The summed E-state index contributed by atoms with van der Waals surface area (Å²) in [5.41, 5.74) is 4.56. The number of hydrogen-bond donors (Lipinski definition) is 1. The van der Waals surface area contributed by atoms with Gasteiger partial charge in [0, 0.05) is 29.1 Å². The first kappa shape index (κ1) is 11.1. The molecule has 2 nitrogen and oxygen atoms in total. The Bertz CT molecular complexity index is 608. The van der Waals surface area contributed by atoms with Gasteiger partial charge in [-0.3, -0.25) is 0 Å². The molecule has 1 saturated heterocycles. The Kier molecular flexibility index (Phi) is 2.52. The third kappa shape index (κ3) is 1.57. The minimum Gasteiger partial charge on any atom is -0.347 e. The van der Waals surface area contributed by atoms with Gasteiger partial charge >= 0.3 is 0 Å². The van der Waals surface area contributed by atoms with Crippen LogP contribution in [0.15, 0.2) is 22.8 Å². The topological polar surface area (TPSA) is 17.0 Å². The lowest BCUT2D eigenvalue weighted by Crippen LogP contribution is -2.07. The standard InChI is InChI=1S/C15H17BrN2/c16-12-6-10-2-1-5-18-9-14(11-3-4-17-8-11)13(7-12)15(10)18/h6-7,9,11,17H,1-5,8H2. The number of hydrogen-bond acceptors (Lipinski definition) is 1. The molecule has 0 saturated carbocycles. The van der Waals surface area contributed by atoms with Crippen LogP contribution in [0.3, 0.4) is 0 Å². The zero-order valence-electron chi connectivity index (χ0n) is 10.4. The molecule has 4 rings (SSSR count). The van der Waals surface area contributed by atoms with Crippen molar-refractivity contribution >= 4 is 26.8 Å². The van der Waals surface area contributed by atoms with E-state index in [0.29, 0.717) is 5.92 Å². The number of benzene rings is 1. The fourth-order valence-corrected chi connectivity index (χ4v) is 4.07. The van der Waals surface area contributed by atoms with Crippen LogP contribution in [0.4, 0.5) is 0 Å². The van der Waals surface area contributed by atoms with Crippen LogP contribution in [0.25, 0.3) is 10.9 Å². The quantitative estimate of drug-likeness (QED) is 0.854. The fraction of sp³-hybridized carbons (Fsp3) is 0.467. The van der Waals surface area contributed by atoms with Crippen molar-refractivity contribution in [3.63, 3.8) is 0 Å². The fourth-order valence-electron chi connectivity index (χ4n) is 3.57. The smallest absolute Gasteiger partial charge is 0.0516 e. The first-order valence-electron chi connectivity index (χ1n) is 6.85. The van der Waals surface area contributed by atoms with Crippen LogP contribution in [-0.4, -0.2) is 17.7 Å². The van der Waals surface area contributed by atoms with Gasteiger partial charge in [0.1, 0.15) is 0 Å². The van der Waals surface area contributed by atoms with Crippen molar-refractivity contribution in [2.24, 2.45) is 0 Å². The summed E-state index contributed by atoms with van der Waals surface area (Å²) in [6.07, 6.45) is 6.19. The van der Waals surface area contributed by atoms with Gasteiger partial charge in [0.05, 0.1) is 5.52 Å². The lowest BCUT2D eigenvalue weighted by molar-refractivity contribution is 0.631. The molecule has 18 heavy (non-hydrogen) atoms. The summed E-state index contributed by atoms with van der Waals surface area (Å²) < 4.78 is 3.71. The maximum atomic E-state index is 3.68. The number of aromatic nitrogens is 1. The highest BCUT2D eigenvalue weighted by Crippen LogP contribution is 2.37. The molecule has 1 unspecified atom stereocenters. The monoisotopic (exact) mass is 304 g/mol. The Balaban J connectivity index is 1.99. The van der Waals surface area contributed by atoms with E-state index in [-0.39, 0.29) is 0 Å². The summed E-state index contributed by atoms with van der Waals surface area (Å²) in [4.78, 5) is 0. The molecule has 1 aromatic heterocycles. The van der Waals surface area contributed by atoms with Gasteiger partial charge in [-0.1, -0.05) is 15.9 Å². The van der Waals surface area contributed by atoms with E-state index in [2.05, 4.69) is 44.1 Å². The van der Waals surface area contributed by atoms with Crippen LogP contribution in [0.1, 0.15) is 29.9 Å². The van der Waals surface area contributed by atoms with Crippen molar-refractivity contribution < 1.29 is 0 Å². The van der Waals surface area contributed by atoms with E-state index in [9.17, 15) is 0 Å². The van der Waals surface area contributed by atoms with E-state index in [0.717, 1.165) is 13.1 Å². The van der Waals surface area contributed by atoms with Gasteiger partial charge in [-0.2, -0.15) is 0 Å². The number of rotatable bonds is 1. The summed E-state index contributed by atoms with van der Waals surface area (Å²) in [6, 6.07) is 4.61. The Morgan fingerprint density at radius 3 is 3.11 bits per heavy atom. The molecule has 0 radical (unpaired) electrons. The predicted molar refractivity (Wildman–Crippen MR) is 78.2 cm³/mol. The SMILES string of the molecule is Brc1cc2c3c(c1)c(C1CCNC1)cn3CCC2. The summed E-state index contributed by atoms with van der Waals surface area (Å²) in [5, 5.41) is 4.97. The van der Waals surface area contributed by atoms with Crippen molar-refractivity contribution in [3.8, 4) is 0 Å². The summed E-state index contributed by atoms with van der Waals surface area (Å²) in [5.74, 6) is 0.703. The molecular weight excluding hydrogens is 288 g/mol. The summed E-state index contributed by atoms with van der Waals surface area (Å²) >= 11 is 3.68. The highest BCUT2D eigenvalue weighted by Gasteiger charge is 2.24. The molecule has 2 aliphatic rings. The van der Waals surface area contributed by atoms with Crippen molar-refractivity contribution in [1.29, 1.82) is 0 Å². The third-order valence-electron chi connectivity index (χ3n) is 4.39. The zero-order valence-corrected chi connectivity index (χ0v) is 12.0. The first-order valence-corrected chi connectivity index (χ1v) is 7.64. The van der Waals surface area contributed by atoms with Crippen molar-refractivity contribution in [3.05, 3.63) is 33.9 Å². The van der Waals surface area contributed by atoms with Gasteiger partial charge in [0.25, 0.3) is 0 Å². The number of halogens is 1. The highest BCUT2D eigenvalue weighted by atomic mass is 79.9. The van der Waals surface area contributed by atoms with Crippen molar-refractivity contribution in [1.82, 2.24) is 9.88 Å². The Morgan fingerprint density at radius 2 is 2.28 bits per heavy atom. The molecule has 0 aliphatic carbocycles. The van der Waals surface area contributed by atoms with E-state index >= 15 is 0 Å². The maximum Gasteiger partial charge on any atom is 0.0516 e.